The van der Waals surface area contributed by atoms with Gasteiger partial charge in [0.05, 0.1) is 34.1 Å². The van der Waals surface area contributed by atoms with Crippen LogP contribution in [0.4, 0.5) is 17.6 Å². The molecule has 2 heterocycles. The van der Waals surface area contributed by atoms with E-state index in [0.29, 0.717) is 25.7 Å². The number of hydrogen-bond donors (Lipinski definition) is 0. The number of hydrogen-bond acceptors (Lipinski definition) is 6. The van der Waals surface area contributed by atoms with Gasteiger partial charge in [0.1, 0.15) is 23.3 Å². The molecule has 0 unspecified atom stereocenters. The molecule has 0 saturated heterocycles. The Hall–Kier alpha value is -2.68. The number of carbonyl (C=O) groups is 2. The molecule has 0 spiro atoms. The van der Waals surface area contributed by atoms with Gasteiger partial charge < -0.3 is 43.4 Å². The van der Waals surface area contributed by atoms with E-state index < -0.39 is 23.3 Å². The fourth-order valence-electron chi connectivity index (χ4n) is 4.60. The number of rotatable bonds is 15. The number of ether oxygens (including phenoxy) is 2. The second-order valence-electron chi connectivity index (χ2n) is 10.3. The largest absolute Gasteiger partial charge is 1.00 e. The molecule has 0 saturated carbocycles. The van der Waals surface area contributed by atoms with Crippen LogP contribution in [-0.4, -0.2) is 25.2 Å². The lowest BCUT2D eigenvalue weighted by atomic mass is 10.2. The first-order valence-corrected chi connectivity index (χ1v) is 16.0. The van der Waals surface area contributed by atoms with Crippen molar-refractivity contribution in [2.75, 3.05) is 13.2 Å². The van der Waals surface area contributed by atoms with Gasteiger partial charge in [-0.25, -0.2) is 17.6 Å². The first-order chi connectivity index (χ1) is 21.1. The Morgan fingerprint density at radius 3 is 1.35 bits per heavy atom. The van der Waals surface area contributed by atoms with E-state index in [2.05, 4.69) is 0 Å². The first kappa shape index (κ1) is 39.5. The summed E-state index contributed by atoms with van der Waals surface area (Å²) in [7, 11) is 0. The summed E-state index contributed by atoms with van der Waals surface area (Å²) in [5.74, 6) is -3.07. The Kier molecular flexibility index (Phi) is 16.5. The number of unbranched alkanes of at least 4 members (excludes halogenated alkanes) is 1. The molecular formula is C32H34Br2F4N2O4S2. The zero-order valence-electron chi connectivity index (χ0n) is 25.3. The minimum absolute atomic E-state index is 0. The molecule has 0 aliphatic rings. The highest BCUT2D eigenvalue weighted by molar-refractivity contribution is 7.09. The lowest BCUT2D eigenvalue weighted by molar-refractivity contribution is -0.690. The van der Waals surface area contributed by atoms with Crippen LogP contribution in [0.3, 0.4) is 0 Å². The second-order valence-corrected chi connectivity index (χ2v) is 12.1. The Labute approximate surface area is 294 Å². The summed E-state index contributed by atoms with van der Waals surface area (Å²) in [4.78, 5) is 26.2. The fourth-order valence-corrected chi connectivity index (χ4v) is 6.55. The number of benzene rings is 2. The maximum Gasteiger partial charge on any atom is 0.305 e. The number of halogens is 6. The predicted octanol–water partition coefficient (Wildman–Crippen LogP) is 0.0944. The molecule has 2 aromatic heterocycles. The van der Waals surface area contributed by atoms with Crippen molar-refractivity contribution in [3.05, 3.63) is 103 Å². The third kappa shape index (κ3) is 11.0. The molecule has 46 heavy (non-hydrogen) atoms. The minimum atomic E-state index is -0.591. The molecule has 2 aromatic carbocycles. The molecule has 0 radical (unpaired) electrons. The molecule has 0 aliphatic heterocycles. The van der Waals surface area contributed by atoms with Gasteiger partial charge in [-0.15, -0.1) is 0 Å². The lowest BCUT2D eigenvalue weighted by Crippen LogP contribution is -3.00. The topological polar surface area (TPSA) is 60.4 Å². The van der Waals surface area contributed by atoms with Crippen LogP contribution in [0.25, 0.3) is 0 Å². The number of carbonyl (C=O) groups excluding carboxylic acids is 2. The SMILES string of the molecule is Cc1c(CCOC(=O)CCCCC(=O)OCCc2sc[n+](Cc3c(F)cccc3F)c2C)sc[n+]1Cc1c(F)cccc1F.[Br-].[Br-]. The van der Waals surface area contributed by atoms with Crippen LogP contribution < -0.4 is 43.1 Å². The molecule has 250 valence electrons. The van der Waals surface area contributed by atoms with Crippen LogP contribution in [-0.2, 0) is 45.0 Å². The van der Waals surface area contributed by atoms with Gasteiger partial charge in [0.2, 0.25) is 11.0 Å². The average molecular weight is 811 g/mol. The molecule has 0 aliphatic carbocycles. The van der Waals surface area contributed by atoms with E-state index in [-0.39, 0.29) is 96.2 Å². The van der Waals surface area contributed by atoms with Crippen molar-refractivity contribution in [3.63, 3.8) is 0 Å². The summed E-state index contributed by atoms with van der Waals surface area (Å²) in [6.45, 7) is 4.26. The van der Waals surface area contributed by atoms with E-state index in [4.69, 9.17) is 9.47 Å². The van der Waals surface area contributed by atoms with Crippen LogP contribution in [0.15, 0.2) is 47.4 Å². The quantitative estimate of drug-likeness (QED) is 0.0741. The van der Waals surface area contributed by atoms with Crippen LogP contribution in [0.2, 0.25) is 0 Å². The molecule has 4 aromatic rings. The summed E-state index contributed by atoms with van der Waals surface area (Å²) >= 11 is 2.88. The number of thiazole rings is 2. The summed E-state index contributed by atoms with van der Waals surface area (Å²) in [5.41, 5.74) is 5.32. The maximum atomic E-state index is 14.0. The van der Waals surface area contributed by atoms with E-state index in [1.165, 1.54) is 59.1 Å². The fraction of sp³-hybridized carbons (Fsp3) is 0.375. The third-order valence-electron chi connectivity index (χ3n) is 7.29. The molecule has 4 rings (SSSR count). The summed E-state index contributed by atoms with van der Waals surface area (Å²) in [6, 6.07) is 7.59. The third-order valence-corrected chi connectivity index (χ3v) is 9.58. The maximum absolute atomic E-state index is 14.0. The number of esters is 2. The molecule has 14 heteroatoms. The predicted molar refractivity (Wildman–Crippen MR) is 157 cm³/mol. The van der Waals surface area contributed by atoms with E-state index >= 15 is 0 Å². The van der Waals surface area contributed by atoms with E-state index in [1.807, 2.05) is 13.8 Å². The summed E-state index contributed by atoms with van der Waals surface area (Å²) < 4.78 is 70.2. The van der Waals surface area contributed by atoms with Gasteiger partial charge in [0.25, 0.3) is 0 Å². The van der Waals surface area contributed by atoms with Crippen LogP contribution in [0.5, 0.6) is 0 Å². The Balaban J connectivity index is 0.00000368. The monoisotopic (exact) mass is 808 g/mol. The van der Waals surface area contributed by atoms with Crippen molar-refractivity contribution in [2.24, 2.45) is 0 Å². The van der Waals surface area contributed by atoms with Gasteiger partial charge in [0.15, 0.2) is 24.5 Å². The number of nitrogens with zero attached hydrogens (tertiary/aromatic N) is 2. The van der Waals surface area contributed by atoms with Crippen molar-refractivity contribution in [1.29, 1.82) is 0 Å². The molecule has 0 amide bonds. The highest BCUT2D eigenvalue weighted by atomic mass is 79.9. The molecule has 0 fully saturated rings. The van der Waals surface area contributed by atoms with Gasteiger partial charge in [-0.1, -0.05) is 34.8 Å². The van der Waals surface area contributed by atoms with Crippen molar-refractivity contribution in [3.8, 4) is 0 Å². The van der Waals surface area contributed by atoms with E-state index in [0.717, 1.165) is 21.1 Å². The normalized spacial score (nSPS) is 10.7. The highest BCUT2D eigenvalue weighted by Crippen LogP contribution is 2.18. The zero-order chi connectivity index (χ0) is 31.6. The minimum Gasteiger partial charge on any atom is -1.00 e. The van der Waals surface area contributed by atoms with Gasteiger partial charge >= 0.3 is 11.9 Å². The number of aromatic nitrogens is 2. The lowest BCUT2D eigenvalue weighted by Gasteiger charge is -2.05. The Bertz CT molecular complexity index is 1460. The Morgan fingerprint density at radius 2 is 1.00 bits per heavy atom. The van der Waals surface area contributed by atoms with Crippen molar-refractivity contribution >= 4 is 34.6 Å². The van der Waals surface area contributed by atoms with Crippen LogP contribution >= 0.6 is 22.7 Å². The van der Waals surface area contributed by atoms with E-state index in [1.54, 1.807) is 20.2 Å². The first-order valence-electron chi connectivity index (χ1n) is 14.2. The van der Waals surface area contributed by atoms with Crippen LogP contribution in [0.1, 0.15) is 58.0 Å². The van der Waals surface area contributed by atoms with Crippen molar-refractivity contribution in [1.82, 2.24) is 0 Å². The van der Waals surface area contributed by atoms with Gasteiger partial charge in [-0.2, -0.15) is 9.13 Å². The Morgan fingerprint density at radius 1 is 0.652 bits per heavy atom. The standard InChI is InChI=1S/C32H34F4N2O4S2.2BrH/c1-21-29(43-19-37(21)17-23-25(33)7-5-8-26(23)34)13-15-41-31(39)11-3-4-12-32(40)42-16-14-30-22(2)38(20-44-30)18-24-27(35)9-6-10-28(24)36;;/h5-10,19-20H,3-4,11-18H2,1-2H3;2*1H/q+2;;/p-2. The van der Waals surface area contributed by atoms with Crippen molar-refractivity contribution < 1.29 is 79.7 Å². The molecule has 0 bridgehead atoms. The average Bonchev–Trinajstić information content (AvgIpc) is 3.51. The molecular weight excluding hydrogens is 776 g/mol. The zero-order valence-corrected chi connectivity index (χ0v) is 30.1. The van der Waals surface area contributed by atoms with Crippen LogP contribution in [0, 0.1) is 37.1 Å². The smallest absolute Gasteiger partial charge is 0.305 e. The van der Waals surface area contributed by atoms with Gasteiger partial charge in [-0.3, -0.25) is 9.59 Å². The van der Waals surface area contributed by atoms with Gasteiger partial charge in [-0.05, 0) is 37.1 Å². The van der Waals surface area contributed by atoms with Crippen molar-refractivity contribution in [2.45, 2.75) is 65.5 Å². The highest BCUT2D eigenvalue weighted by Gasteiger charge is 2.21. The van der Waals surface area contributed by atoms with E-state index in [9.17, 15) is 27.2 Å². The van der Waals surface area contributed by atoms with Gasteiger partial charge in [0, 0.05) is 39.5 Å². The summed E-state index contributed by atoms with van der Waals surface area (Å²) in [6.07, 6.45) is 2.31. The second kappa shape index (κ2) is 19.2. The molecule has 0 N–H and O–H groups in total. The molecule has 0 atom stereocenters. The summed E-state index contributed by atoms with van der Waals surface area (Å²) in [5, 5.41) is 0. The molecule has 6 nitrogen and oxygen atoms in total.